The van der Waals surface area contributed by atoms with E-state index in [0.29, 0.717) is 5.75 Å². The highest BCUT2D eigenvalue weighted by molar-refractivity contribution is 6.16. The van der Waals surface area contributed by atoms with E-state index in [-0.39, 0.29) is 0 Å². The molecule has 7 aromatic carbocycles. The molecule has 0 fully saturated rings. The van der Waals surface area contributed by atoms with E-state index < -0.39 is 0 Å². The van der Waals surface area contributed by atoms with Gasteiger partial charge in [0.2, 0.25) is 0 Å². The van der Waals surface area contributed by atoms with Gasteiger partial charge in [-0.05, 0) is 84.0 Å². The molecule has 0 saturated carbocycles. The third-order valence-corrected chi connectivity index (χ3v) is 7.13. The lowest BCUT2D eigenvalue weighted by Crippen LogP contribution is -1.88. The minimum absolute atomic E-state index is 0.291. The molecule has 0 aromatic heterocycles. The molecule has 7 rings (SSSR count). The van der Waals surface area contributed by atoms with Gasteiger partial charge >= 0.3 is 0 Å². The number of rotatable bonds is 2. The van der Waals surface area contributed by atoms with Gasteiger partial charge in [-0.15, -0.1) is 0 Å². The summed E-state index contributed by atoms with van der Waals surface area (Å²) in [5.74, 6) is 0.291. The Morgan fingerprint density at radius 3 is 1.40 bits per heavy atom. The third-order valence-electron chi connectivity index (χ3n) is 7.13. The molecule has 164 valence electrons. The van der Waals surface area contributed by atoms with E-state index in [2.05, 4.69) is 115 Å². The van der Waals surface area contributed by atoms with E-state index in [9.17, 15) is 5.11 Å². The fraction of sp³-hybridized carbons (Fsp3) is 0. The standard InChI is InChI=1S/C34H22O/c35-34-18-17-24(31-19-22-9-1-3-11-25(22)27-13-5-7-15-29(27)31)21-33(34)32-20-23-10-2-4-12-26(23)28-14-6-8-16-30(28)32/h1-21,35H. The van der Waals surface area contributed by atoms with Gasteiger partial charge in [-0.25, -0.2) is 0 Å². The Labute approximate surface area is 203 Å². The Morgan fingerprint density at radius 1 is 0.343 bits per heavy atom. The monoisotopic (exact) mass is 446 g/mol. The summed E-state index contributed by atoms with van der Waals surface area (Å²) in [6, 6.07) is 44.5. The van der Waals surface area contributed by atoms with Gasteiger partial charge in [0.05, 0.1) is 0 Å². The second-order valence-electron chi connectivity index (χ2n) is 9.11. The highest BCUT2D eigenvalue weighted by Gasteiger charge is 2.14. The van der Waals surface area contributed by atoms with Crippen LogP contribution in [0.1, 0.15) is 0 Å². The summed E-state index contributed by atoms with van der Waals surface area (Å²) in [5, 5.41) is 20.7. The zero-order valence-corrected chi connectivity index (χ0v) is 19.1. The molecular formula is C34H22O. The number of phenolic OH excluding ortho intramolecular Hbond substituents is 1. The smallest absolute Gasteiger partial charge is 0.123 e. The molecule has 7 aromatic rings. The Morgan fingerprint density at radius 2 is 0.800 bits per heavy atom. The summed E-state index contributed by atoms with van der Waals surface area (Å²) in [6.07, 6.45) is 0. The summed E-state index contributed by atoms with van der Waals surface area (Å²) in [5.41, 5.74) is 4.16. The molecule has 1 N–H and O–H groups in total. The van der Waals surface area contributed by atoms with E-state index in [1.807, 2.05) is 12.1 Å². The Hall–Kier alpha value is -4.62. The van der Waals surface area contributed by atoms with Crippen LogP contribution in [0.25, 0.3) is 65.3 Å². The first-order valence-electron chi connectivity index (χ1n) is 11.9. The summed E-state index contributed by atoms with van der Waals surface area (Å²) in [6.45, 7) is 0. The normalized spacial score (nSPS) is 11.5. The second kappa shape index (κ2) is 7.72. The lowest BCUT2D eigenvalue weighted by Gasteiger charge is -2.15. The zero-order chi connectivity index (χ0) is 23.4. The minimum Gasteiger partial charge on any atom is -0.507 e. The topological polar surface area (TPSA) is 20.2 Å². The lowest BCUT2D eigenvalue weighted by molar-refractivity contribution is 0.477. The molecule has 0 bridgehead atoms. The number of hydrogen-bond donors (Lipinski definition) is 1. The maximum absolute atomic E-state index is 11.1. The third kappa shape index (κ3) is 3.09. The molecular weight excluding hydrogens is 424 g/mol. The van der Waals surface area contributed by atoms with Crippen molar-refractivity contribution in [3.63, 3.8) is 0 Å². The molecule has 35 heavy (non-hydrogen) atoms. The van der Waals surface area contributed by atoms with Gasteiger partial charge < -0.3 is 5.11 Å². The summed E-state index contributed by atoms with van der Waals surface area (Å²) in [4.78, 5) is 0. The van der Waals surface area contributed by atoms with Crippen LogP contribution in [-0.2, 0) is 0 Å². The number of phenols is 1. The lowest BCUT2D eigenvalue weighted by atomic mass is 9.89. The molecule has 0 aliphatic carbocycles. The summed E-state index contributed by atoms with van der Waals surface area (Å²) in [7, 11) is 0. The SMILES string of the molecule is Oc1ccc(-c2cc3ccccc3c3ccccc23)cc1-c1cc2ccccc2c2ccccc12. The van der Waals surface area contributed by atoms with E-state index in [4.69, 9.17) is 0 Å². The van der Waals surface area contributed by atoms with Gasteiger partial charge in [0.1, 0.15) is 5.75 Å². The average molecular weight is 447 g/mol. The molecule has 1 nitrogen and oxygen atoms in total. The van der Waals surface area contributed by atoms with Gasteiger partial charge in [-0.1, -0.05) is 103 Å². The Bertz CT molecular complexity index is 1910. The summed E-state index contributed by atoms with van der Waals surface area (Å²) < 4.78 is 0. The number of fused-ring (bicyclic) bond motifs is 6. The quantitative estimate of drug-likeness (QED) is 0.262. The predicted octanol–water partition coefficient (Wildman–Crippen LogP) is 9.34. The fourth-order valence-corrected chi connectivity index (χ4v) is 5.49. The Balaban J connectivity index is 1.54. The maximum atomic E-state index is 11.1. The van der Waals surface area contributed by atoms with Gasteiger partial charge in [0, 0.05) is 5.56 Å². The molecule has 0 atom stereocenters. The molecule has 0 spiro atoms. The number of aromatic hydroxyl groups is 1. The molecule has 1 heteroatoms. The van der Waals surface area contributed by atoms with Gasteiger partial charge in [0.15, 0.2) is 0 Å². The van der Waals surface area contributed by atoms with Crippen LogP contribution >= 0.6 is 0 Å². The van der Waals surface area contributed by atoms with Crippen molar-refractivity contribution in [2.45, 2.75) is 0 Å². The van der Waals surface area contributed by atoms with Crippen molar-refractivity contribution in [3.05, 3.63) is 127 Å². The van der Waals surface area contributed by atoms with Gasteiger partial charge in [-0.2, -0.15) is 0 Å². The van der Waals surface area contributed by atoms with Crippen molar-refractivity contribution < 1.29 is 5.11 Å². The van der Waals surface area contributed by atoms with Crippen molar-refractivity contribution in [1.29, 1.82) is 0 Å². The molecule has 0 saturated heterocycles. The van der Waals surface area contributed by atoms with Crippen LogP contribution in [0.4, 0.5) is 0 Å². The molecule has 0 amide bonds. The number of benzene rings is 7. The van der Waals surface area contributed by atoms with Gasteiger partial charge in [0.25, 0.3) is 0 Å². The van der Waals surface area contributed by atoms with Crippen molar-refractivity contribution in [1.82, 2.24) is 0 Å². The van der Waals surface area contributed by atoms with E-state index in [1.54, 1.807) is 0 Å². The van der Waals surface area contributed by atoms with Crippen LogP contribution in [0, 0.1) is 0 Å². The summed E-state index contributed by atoms with van der Waals surface area (Å²) >= 11 is 0. The maximum Gasteiger partial charge on any atom is 0.123 e. The first-order chi connectivity index (χ1) is 17.3. The average Bonchev–Trinajstić information content (AvgIpc) is 2.92. The highest BCUT2D eigenvalue weighted by Crippen LogP contribution is 2.42. The molecule has 0 radical (unpaired) electrons. The molecule has 0 heterocycles. The number of hydrogen-bond acceptors (Lipinski definition) is 1. The molecule has 0 unspecified atom stereocenters. The van der Waals surface area contributed by atoms with E-state index in [1.165, 1.54) is 43.3 Å². The van der Waals surface area contributed by atoms with Crippen molar-refractivity contribution in [3.8, 4) is 28.0 Å². The van der Waals surface area contributed by atoms with E-state index >= 15 is 0 Å². The first kappa shape index (κ1) is 19.8. The minimum atomic E-state index is 0.291. The predicted molar refractivity (Wildman–Crippen MR) is 149 cm³/mol. The van der Waals surface area contributed by atoms with E-state index in [0.717, 1.165) is 22.1 Å². The van der Waals surface area contributed by atoms with Crippen LogP contribution in [0.2, 0.25) is 0 Å². The zero-order valence-electron chi connectivity index (χ0n) is 19.1. The van der Waals surface area contributed by atoms with Crippen LogP contribution in [-0.4, -0.2) is 5.11 Å². The highest BCUT2D eigenvalue weighted by atomic mass is 16.3. The fourth-order valence-electron chi connectivity index (χ4n) is 5.49. The molecule has 0 aliphatic rings. The van der Waals surface area contributed by atoms with Crippen LogP contribution in [0.5, 0.6) is 5.75 Å². The van der Waals surface area contributed by atoms with Crippen LogP contribution in [0.15, 0.2) is 127 Å². The van der Waals surface area contributed by atoms with Crippen LogP contribution < -0.4 is 0 Å². The van der Waals surface area contributed by atoms with Crippen molar-refractivity contribution in [2.24, 2.45) is 0 Å². The first-order valence-corrected chi connectivity index (χ1v) is 11.9. The van der Waals surface area contributed by atoms with Crippen molar-refractivity contribution in [2.75, 3.05) is 0 Å². The Kier molecular flexibility index (Phi) is 4.37. The second-order valence-corrected chi connectivity index (χ2v) is 9.11. The van der Waals surface area contributed by atoms with Crippen molar-refractivity contribution >= 4 is 43.1 Å². The van der Waals surface area contributed by atoms with Gasteiger partial charge in [-0.3, -0.25) is 0 Å². The largest absolute Gasteiger partial charge is 0.507 e. The molecule has 0 aliphatic heterocycles. The van der Waals surface area contributed by atoms with Crippen LogP contribution in [0.3, 0.4) is 0 Å².